The van der Waals surface area contributed by atoms with E-state index in [0.717, 1.165) is 35.4 Å². The van der Waals surface area contributed by atoms with Crippen molar-refractivity contribution < 1.29 is 9.53 Å². The number of carbonyl (C=O) groups is 1. The molecular formula is C13H16BrNO2. The fraction of sp³-hybridized carbons (Fsp3) is 0.462. The fourth-order valence-electron chi connectivity index (χ4n) is 2.02. The smallest absolute Gasteiger partial charge is 0.151 e. The average Bonchev–Trinajstić information content (AvgIpc) is 2.74. The number of carbonyl (C=O) groups excluding carboxylic acids is 1. The van der Waals surface area contributed by atoms with Gasteiger partial charge in [-0.3, -0.25) is 4.79 Å². The maximum atomic E-state index is 11.7. The molecule has 0 spiro atoms. The Balaban J connectivity index is 2.13. The lowest BCUT2D eigenvalue weighted by molar-refractivity contribution is -0.117. The molecule has 0 aromatic heterocycles. The summed E-state index contributed by atoms with van der Waals surface area (Å²) in [5.41, 5.74) is 2.19. The Kier molecular flexibility index (Phi) is 4.18. The second-order valence-corrected chi connectivity index (χ2v) is 5.06. The number of Topliss-reactive ketones (excluding diaryl/α,β-unsaturated/α-hetero) is 1. The van der Waals surface area contributed by atoms with Gasteiger partial charge < -0.3 is 10.1 Å². The maximum Gasteiger partial charge on any atom is 0.151 e. The molecule has 0 aliphatic carbocycles. The van der Waals surface area contributed by atoms with Crippen LogP contribution in [0.25, 0.3) is 0 Å². The Morgan fingerprint density at radius 2 is 2.35 bits per heavy atom. The van der Waals surface area contributed by atoms with Crippen LogP contribution in [0.3, 0.4) is 0 Å². The van der Waals surface area contributed by atoms with Gasteiger partial charge in [-0.1, -0.05) is 22.9 Å². The van der Waals surface area contributed by atoms with E-state index in [0.29, 0.717) is 13.0 Å². The summed E-state index contributed by atoms with van der Waals surface area (Å²) in [6.45, 7) is 3.96. The third-order valence-electron chi connectivity index (χ3n) is 2.79. The highest BCUT2D eigenvalue weighted by Crippen LogP contribution is 2.33. The molecule has 1 N–H and O–H groups in total. The van der Waals surface area contributed by atoms with Gasteiger partial charge in [-0.25, -0.2) is 0 Å². The van der Waals surface area contributed by atoms with Gasteiger partial charge in [0.2, 0.25) is 0 Å². The molecule has 1 aromatic rings. The van der Waals surface area contributed by atoms with Crippen LogP contribution in [-0.4, -0.2) is 25.5 Å². The number of halogens is 1. The van der Waals surface area contributed by atoms with Crippen molar-refractivity contribution in [2.75, 3.05) is 19.7 Å². The number of fused-ring (bicyclic) bond motifs is 1. The number of nitrogens with one attached hydrogen (secondary N) is 1. The highest BCUT2D eigenvalue weighted by atomic mass is 79.9. The van der Waals surface area contributed by atoms with E-state index < -0.39 is 0 Å². The standard InChI is InChI=1S/C13H16BrNO2/c1-2-15-8-12(16)7-10-6-11(14)5-9-3-4-17-13(9)10/h5-6,15H,2-4,7-8H2,1H3. The van der Waals surface area contributed by atoms with E-state index in [4.69, 9.17) is 4.74 Å². The molecule has 1 aromatic carbocycles. The molecule has 92 valence electrons. The number of hydrogen-bond donors (Lipinski definition) is 1. The number of rotatable bonds is 5. The molecule has 3 nitrogen and oxygen atoms in total. The lowest BCUT2D eigenvalue weighted by Gasteiger charge is -2.08. The fourth-order valence-corrected chi connectivity index (χ4v) is 2.57. The third-order valence-corrected chi connectivity index (χ3v) is 3.24. The molecule has 0 radical (unpaired) electrons. The zero-order chi connectivity index (χ0) is 12.3. The zero-order valence-corrected chi connectivity index (χ0v) is 11.5. The van der Waals surface area contributed by atoms with Gasteiger partial charge in [0.05, 0.1) is 13.2 Å². The summed E-state index contributed by atoms with van der Waals surface area (Å²) in [6, 6.07) is 4.05. The van der Waals surface area contributed by atoms with Crippen LogP contribution in [0.5, 0.6) is 5.75 Å². The van der Waals surface area contributed by atoms with Gasteiger partial charge in [0.15, 0.2) is 5.78 Å². The van der Waals surface area contributed by atoms with Crippen molar-refractivity contribution in [1.29, 1.82) is 0 Å². The minimum atomic E-state index is 0.197. The second-order valence-electron chi connectivity index (χ2n) is 4.15. The summed E-state index contributed by atoms with van der Waals surface area (Å²) in [5.74, 6) is 1.11. The molecule has 1 heterocycles. The summed E-state index contributed by atoms with van der Waals surface area (Å²) in [6.07, 6.45) is 1.37. The van der Waals surface area contributed by atoms with Crippen LogP contribution >= 0.6 is 15.9 Å². The van der Waals surface area contributed by atoms with Crippen molar-refractivity contribution in [2.45, 2.75) is 19.8 Å². The van der Waals surface area contributed by atoms with Gasteiger partial charge in [0, 0.05) is 22.9 Å². The van der Waals surface area contributed by atoms with Crippen molar-refractivity contribution in [2.24, 2.45) is 0 Å². The summed E-state index contributed by atoms with van der Waals surface area (Å²) in [4.78, 5) is 11.7. The molecule has 0 unspecified atom stereocenters. The van der Waals surface area contributed by atoms with Gasteiger partial charge in [-0.15, -0.1) is 0 Å². The van der Waals surface area contributed by atoms with E-state index in [1.165, 1.54) is 5.56 Å². The average molecular weight is 298 g/mol. The van der Waals surface area contributed by atoms with Crippen LogP contribution in [0.4, 0.5) is 0 Å². The van der Waals surface area contributed by atoms with Crippen LogP contribution < -0.4 is 10.1 Å². The van der Waals surface area contributed by atoms with E-state index >= 15 is 0 Å². The molecule has 4 heteroatoms. The predicted molar refractivity (Wildman–Crippen MR) is 70.6 cm³/mol. The normalized spacial score (nSPS) is 13.3. The lowest BCUT2D eigenvalue weighted by atomic mass is 10.0. The van der Waals surface area contributed by atoms with Crippen molar-refractivity contribution in [3.05, 3.63) is 27.7 Å². The molecule has 1 aliphatic heterocycles. The highest BCUT2D eigenvalue weighted by Gasteiger charge is 2.18. The highest BCUT2D eigenvalue weighted by molar-refractivity contribution is 9.10. The van der Waals surface area contributed by atoms with E-state index in [-0.39, 0.29) is 5.78 Å². The Labute approximate surface area is 110 Å². The van der Waals surface area contributed by atoms with Crippen LogP contribution in [0.2, 0.25) is 0 Å². The van der Waals surface area contributed by atoms with Crippen molar-refractivity contribution in [1.82, 2.24) is 5.32 Å². The molecule has 0 fully saturated rings. The predicted octanol–water partition coefficient (Wildman–Crippen LogP) is 2.11. The molecule has 0 bridgehead atoms. The molecule has 17 heavy (non-hydrogen) atoms. The molecule has 0 saturated heterocycles. The van der Waals surface area contributed by atoms with Gasteiger partial charge in [-0.2, -0.15) is 0 Å². The zero-order valence-electron chi connectivity index (χ0n) is 9.88. The van der Waals surface area contributed by atoms with Crippen molar-refractivity contribution in [3.63, 3.8) is 0 Å². The van der Waals surface area contributed by atoms with Crippen LogP contribution in [-0.2, 0) is 17.6 Å². The maximum absolute atomic E-state index is 11.7. The Morgan fingerprint density at radius 3 is 3.12 bits per heavy atom. The summed E-state index contributed by atoms with van der Waals surface area (Å²) >= 11 is 3.48. The lowest BCUT2D eigenvalue weighted by Crippen LogP contribution is -2.23. The van der Waals surface area contributed by atoms with Crippen molar-refractivity contribution in [3.8, 4) is 5.75 Å². The first kappa shape index (κ1) is 12.6. The second kappa shape index (κ2) is 5.65. The van der Waals surface area contributed by atoms with Gasteiger partial charge in [-0.05, 0) is 24.2 Å². The van der Waals surface area contributed by atoms with E-state index in [1.54, 1.807) is 0 Å². The van der Waals surface area contributed by atoms with Crippen LogP contribution in [0.1, 0.15) is 18.1 Å². The first-order chi connectivity index (χ1) is 8.20. The molecule has 0 amide bonds. The van der Waals surface area contributed by atoms with Crippen LogP contribution in [0.15, 0.2) is 16.6 Å². The summed E-state index contributed by atoms with van der Waals surface area (Å²) in [7, 11) is 0. The quantitative estimate of drug-likeness (QED) is 0.905. The van der Waals surface area contributed by atoms with Gasteiger partial charge in [0.25, 0.3) is 0 Å². The Morgan fingerprint density at radius 1 is 1.53 bits per heavy atom. The van der Waals surface area contributed by atoms with E-state index in [9.17, 15) is 4.79 Å². The molecule has 0 atom stereocenters. The van der Waals surface area contributed by atoms with E-state index in [1.807, 2.05) is 13.0 Å². The number of benzene rings is 1. The molecule has 0 saturated carbocycles. The summed E-state index contributed by atoms with van der Waals surface area (Å²) in [5, 5.41) is 3.05. The number of ketones is 1. The monoisotopic (exact) mass is 297 g/mol. The largest absolute Gasteiger partial charge is 0.493 e. The topological polar surface area (TPSA) is 38.3 Å². The Hall–Kier alpha value is -0.870. The number of ether oxygens (including phenoxy) is 1. The number of likely N-dealkylation sites (N-methyl/N-ethyl adjacent to an activating group) is 1. The minimum absolute atomic E-state index is 0.197. The third kappa shape index (κ3) is 3.07. The molecule has 1 aliphatic rings. The molecular weight excluding hydrogens is 282 g/mol. The first-order valence-corrected chi connectivity index (χ1v) is 6.66. The van der Waals surface area contributed by atoms with E-state index in [2.05, 4.69) is 27.3 Å². The summed E-state index contributed by atoms with van der Waals surface area (Å²) < 4.78 is 6.62. The number of hydrogen-bond acceptors (Lipinski definition) is 3. The van der Waals surface area contributed by atoms with Crippen LogP contribution in [0, 0.1) is 0 Å². The molecule has 2 rings (SSSR count). The Bertz CT molecular complexity index is 432. The van der Waals surface area contributed by atoms with Gasteiger partial charge in [0.1, 0.15) is 5.75 Å². The first-order valence-electron chi connectivity index (χ1n) is 5.87. The van der Waals surface area contributed by atoms with Crippen molar-refractivity contribution >= 4 is 21.7 Å². The minimum Gasteiger partial charge on any atom is -0.493 e. The van der Waals surface area contributed by atoms with Gasteiger partial charge >= 0.3 is 0 Å². The SMILES string of the molecule is CCNCC(=O)Cc1cc(Br)cc2c1OCC2.